The molecule has 0 atom stereocenters. The molecule has 1 aromatic rings. The van der Waals surface area contributed by atoms with Gasteiger partial charge in [-0.1, -0.05) is 55.7 Å². The minimum Gasteiger partial charge on any atom is -0.298 e. The van der Waals surface area contributed by atoms with Crippen LogP contribution in [-0.4, -0.2) is 14.1 Å². The molecule has 90 valence electrons. The van der Waals surface area contributed by atoms with Crippen LogP contribution in [0.5, 0.6) is 0 Å². The molecule has 1 nitrogen and oxygen atoms in total. The summed E-state index contributed by atoms with van der Waals surface area (Å²) in [6.07, 6.45) is 8.53. The average Bonchev–Trinajstić information content (AvgIpc) is 2.35. The first-order valence-corrected chi connectivity index (χ1v) is 6.59. The molecule has 0 spiro atoms. The average molecular weight is 249 g/mol. The Labute approximate surface area is 110 Å². The lowest BCUT2D eigenvalue weighted by Gasteiger charge is -2.05. The van der Waals surface area contributed by atoms with E-state index in [4.69, 9.17) is 19.4 Å². The summed E-state index contributed by atoms with van der Waals surface area (Å²) in [5.41, 5.74) is 1.78. The number of carbonyl (C=O) groups is 1. The van der Waals surface area contributed by atoms with E-state index in [1.807, 2.05) is 12.1 Å². The molecule has 1 rings (SSSR count). The van der Waals surface area contributed by atoms with Gasteiger partial charge in [0.25, 0.3) is 0 Å². The molecule has 0 aliphatic rings. The van der Waals surface area contributed by atoms with Gasteiger partial charge in [-0.25, -0.2) is 0 Å². The Bertz CT molecular complexity index is 352. The third-order valence-electron chi connectivity index (χ3n) is 2.86. The molecule has 2 radical (unpaired) electrons. The van der Waals surface area contributed by atoms with E-state index < -0.39 is 0 Å². The Balaban J connectivity index is 2.29. The van der Waals surface area contributed by atoms with Gasteiger partial charge in [-0.05, 0) is 24.5 Å². The summed E-state index contributed by atoms with van der Waals surface area (Å²) in [6.45, 7) is 0. The highest BCUT2D eigenvalue weighted by Gasteiger charge is 2.01. The molecule has 0 aliphatic heterocycles. The lowest BCUT2D eigenvalue weighted by atomic mass is 9.98. The van der Waals surface area contributed by atoms with E-state index >= 15 is 0 Å². The Morgan fingerprint density at radius 2 is 1.82 bits per heavy atom. The van der Waals surface area contributed by atoms with Crippen LogP contribution in [0.4, 0.5) is 0 Å². The first kappa shape index (κ1) is 14.3. The zero-order valence-electron chi connectivity index (χ0n) is 10.1. The number of hydrogen-bond acceptors (Lipinski definition) is 1. The first-order chi connectivity index (χ1) is 8.27. The van der Waals surface area contributed by atoms with Crippen molar-refractivity contribution in [1.29, 1.82) is 0 Å². The van der Waals surface area contributed by atoms with Crippen LogP contribution in [-0.2, 0) is 6.42 Å². The van der Waals surface area contributed by atoms with Crippen LogP contribution >= 0.6 is 11.6 Å². The first-order valence-electron chi connectivity index (χ1n) is 6.21. The van der Waals surface area contributed by atoms with Crippen LogP contribution in [0.25, 0.3) is 0 Å². The Hall–Kier alpha value is -0.755. The fourth-order valence-electron chi connectivity index (χ4n) is 1.83. The molecular weight excluding hydrogens is 230 g/mol. The summed E-state index contributed by atoms with van der Waals surface area (Å²) in [6, 6.07) is 5.51. The van der Waals surface area contributed by atoms with E-state index in [-0.39, 0.29) is 0 Å². The van der Waals surface area contributed by atoms with Crippen molar-refractivity contribution < 1.29 is 4.79 Å². The van der Waals surface area contributed by atoms with Crippen molar-refractivity contribution in [2.24, 2.45) is 0 Å². The SMILES string of the molecule is [B]CCCCCCCc1ccc(C=O)cc1Cl. The van der Waals surface area contributed by atoms with E-state index in [1.165, 1.54) is 19.3 Å². The molecule has 1 aromatic carbocycles. The van der Waals surface area contributed by atoms with Crippen molar-refractivity contribution in [2.75, 3.05) is 0 Å². The second-order valence-corrected chi connectivity index (χ2v) is 4.68. The predicted molar refractivity (Wildman–Crippen MR) is 74.2 cm³/mol. The van der Waals surface area contributed by atoms with Crippen LogP contribution in [0.3, 0.4) is 0 Å². The maximum Gasteiger partial charge on any atom is 0.150 e. The third-order valence-corrected chi connectivity index (χ3v) is 3.22. The van der Waals surface area contributed by atoms with Gasteiger partial charge in [-0.2, -0.15) is 0 Å². The molecule has 0 N–H and O–H groups in total. The summed E-state index contributed by atoms with van der Waals surface area (Å²) in [5.74, 6) is 0. The number of rotatable bonds is 8. The molecule has 0 fully saturated rings. The Kier molecular flexibility index (Phi) is 7.03. The number of aryl methyl sites for hydroxylation is 1. The van der Waals surface area contributed by atoms with Crippen LogP contribution in [0.15, 0.2) is 18.2 Å². The van der Waals surface area contributed by atoms with Crippen LogP contribution in [0.1, 0.15) is 48.0 Å². The molecular formula is C14H18BClO. The second-order valence-electron chi connectivity index (χ2n) is 4.28. The zero-order chi connectivity index (χ0) is 12.5. The monoisotopic (exact) mass is 248 g/mol. The van der Waals surface area contributed by atoms with Gasteiger partial charge < -0.3 is 0 Å². The van der Waals surface area contributed by atoms with E-state index in [2.05, 4.69) is 0 Å². The van der Waals surface area contributed by atoms with Crippen molar-refractivity contribution in [3.63, 3.8) is 0 Å². The molecule has 0 amide bonds. The summed E-state index contributed by atoms with van der Waals surface area (Å²) < 4.78 is 0. The van der Waals surface area contributed by atoms with Crippen LogP contribution in [0, 0.1) is 0 Å². The van der Waals surface area contributed by atoms with Gasteiger partial charge in [-0.15, -0.1) is 0 Å². The Morgan fingerprint density at radius 1 is 1.12 bits per heavy atom. The van der Waals surface area contributed by atoms with E-state index in [1.54, 1.807) is 6.07 Å². The number of aldehydes is 1. The van der Waals surface area contributed by atoms with Gasteiger partial charge in [0.15, 0.2) is 0 Å². The topological polar surface area (TPSA) is 17.1 Å². The van der Waals surface area contributed by atoms with E-state index in [9.17, 15) is 4.79 Å². The van der Waals surface area contributed by atoms with Crippen molar-refractivity contribution in [1.82, 2.24) is 0 Å². The van der Waals surface area contributed by atoms with Gasteiger partial charge in [-0.3, -0.25) is 4.79 Å². The molecule has 0 saturated heterocycles. The van der Waals surface area contributed by atoms with Crippen molar-refractivity contribution in [3.05, 3.63) is 34.3 Å². The van der Waals surface area contributed by atoms with Gasteiger partial charge in [0, 0.05) is 10.6 Å². The van der Waals surface area contributed by atoms with Gasteiger partial charge in [0.05, 0.1) is 7.85 Å². The summed E-state index contributed by atoms with van der Waals surface area (Å²) in [7, 11) is 5.44. The highest BCUT2D eigenvalue weighted by molar-refractivity contribution is 6.31. The third kappa shape index (κ3) is 5.40. The lowest BCUT2D eigenvalue weighted by molar-refractivity contribution is 0.112. The predicted octanol–water partition coefficient (Wildman–Crippen LogP) is 4.23. The molecule has 0 bridgehead atoms. The summed E-state index contributed by atoms with van der Waals surface area (Å²) >= 11 is 6.10. The lowest BCUT2D eigenvalue weighted by Crippen LogP contribution is -1.90. The number of halogens is 1. The summed E-state index contributed by atoms with van der Waals surface area (Å²) in [5, 5.41) is 0.705. The molecule has 0 saturated carbocycles. The van der Waals surface area contributed by atoms with Gasteiger partial charge >= 0.3 is 0 Å². The van der Waals surface area contributed by atoms with Crippen molar-refractivity contribution >= 4 is 25.7 Å². The van der Waals surface area contributed by atoms with Gasteiger partial charge in [0.1, 0.15) is 6.29 Å². The fraction of sp³-hybridized carbons (Fsp3) is 0.500. The minimum absolute atomic E-state index is 0.640. The quantitative estimate of drug-likeness (QED) is 0.382. The number of hydrogen-bond donors (Lipinski definition) is 0. The second kappa shape index (κ2) is 8.35. The molecule has 3 heteroatoms. The van der Waals surface area contributed by atoms with E-state index in [0.29, 0.717) is 10.6 Å². The molecule has 0 unspecified atom stereocenters. The normalized spacial score (nSPS) is 10.4. The zero-order valence-corrected chi connectivity index (χ0v) is 10.9. The smallest absolute Gasteiger partial charge is 0.150 e. The van der Waals surface area contributed by atoms with Crippen molar-refractivity contribution in [2.45, 2.75) is 44.8 Å². The molecule has 0 aromatic heterocycles. The minimum atomic E-state index is 0.640. The van der Waals surface area contributed by atoms with E-state index in [0.717, 1.165) is 37.4 Å². The maximum absolute atomic E-state index is 10.6. The largest absolute Gasteiger partial charge is 0.298 e. The summed E-state index contributed by atoms with van der Waals surface area (Å²) in [4.78, 5) is 10.6. The number of benzene rings is 1. The fourth-order valence-corrected chi connectivity index (χ4v) is 2.11. The number of unbranched alkanes of at least 4 members (excludes halogenated alkanes) is 4. The Morgan fingerprint density at radius 3 is 2.47 bits per heavy atom. The highest BCUT2D eigenvalue weighted by Crippen LogP contribution is 2.20. The highest BCUT2D eigenvalue weighted by atomic mass is 35.5. The molecule has 17 heavy (non-hydrogen) atoms. The number of carbonyl (C=O) groups excluding carboxylic acids is 1. The van der Waals surface area contributed by atoms with Crippen LogP contribution < -0.4 is 0 Å². The van der Waals surface area contributed by atoms with Gasteiger partial charge in [0.2, 0.25) is 0 Å². The maximum atomic E-state index is 10.6. The molecule has 0 aliphatic carbocycles. The molecule has 0 heterocycles. The van der Waals surface area contributed by atoms with Crippen LogP contribution in [0.2, 0.25) is 11.3 Å². The van der Waals surface area contributed by atoms with Crippen molar-refractivity contribution in [3.8, 4) is 0 Å². The standard InChI is InChI=1S/C14H18BClO/c15-9-5-3-1-2-4-6-13-8-7-12(11-17)10-14(13)16/h7-8,10-11H,1-6,9H2.